The van der Waals surface area contributed by atoms with E-state index in [1.54, 1.807) is 36.1 Å². The number of aromatic nitrogens is 3. The summed E-state index contributed by atoms with van der Waals surface area (Å²) in [6.07, 6.45) is 8.64. The van der Waals surface area contributed by atoms with Gasteiger partial charge in [-0.15, -0.1) is 0 Å². The quantitative estimate of drug-likeness (QED) is 0.444. The maximum absolute atomic E-state index is 15.8. The summed E-state index contributed by atoms with van der Waals surface area (Å²) in [5.41, 5.74) is 3.31. The van der Waals surface area contributed by atoms with E-state index in [0.717, 1.165) is 42.4 Å². The van der Waals surface area contributed by atoms with Crippen LogP contribution in [0.5, 0.6) is 0 Å². The molecule has 9 heteroatoms. The minimum absolute atomic E-state index is 0.206. The van der Waals surface area contributed by atoms with Crippen LogP contribution < -0.4 is 5.32 Å². The van der Waals surface area contributed by atoms with Crippen LogP contribution in [0.15, 0.2) is 36.5 Å². The summed E-state index contributed by atoms with van der Waals surface area (Å²) in [5.74, 6) is -1.54. The second-order valence-corrected chi connectivity index (χ2v) is 10.8. The van der Waals surface area contributed by atoms with Crippen molar-refractivity contribution >= 4 is 22.8 Å². The number of halogens is 1. The molecule has 2 N–H and O–H groups in total. The molecule has 0 bridgehead atoms. The highest BCUT2D eigenvalue weighted by Gasteiger charge is 2.35. The summed E-state index contributed by atoms with van der Waals surface area (Å²) in [6, 6.07) is 8.31. The highest BCUT2D eigenvalue weighted by Crippen LogP contribution is 2.30. The maximum Gasteiger partial charge on any atom is 0.326 e. The van der Waals surface area contributed by atoms with Crippen LogP contribution in [0.1, 0.15) is 65.8 Å². The third-order valence-corrected chi connectivity index (χ3v) is 8.02. The van der Waals surface area contributed by atoms with Crippen molar-refractivity contribution in [2.24, 2.45) is 7.05 Å². The van der Waals surface area contributed by atoms with Crippen molar-refractivity contribution < 1.29 is 19.1 Å². The van der Waals surface area contributed by atoms with Gasteiger partial charge in [-0.1, -0.05) is 12.1 Å². The van der Waals surface area contributed by atoms with Crippen molar-refractivity contribution in [1.82, 2.24) is 25.0 Å². The number of piperidine rings is 1. The number of benzene rings is 1. The molecule has 0 saturated carbocycles. The standard InChI is InChI=1S/C29H36FN5O3/c1-34-26-17-21(7-8-22(26)18-31-34)27(36)33-25(28(37)38)12-16-35-15-4-13-29(30,19-35)14-11-23-10-9-20-5-2-3-6-24(20)32-23/h7-10,17-18,25H,2-6,11-16,19H2,1H3,(H,33,36)(H,37,38)/t25-,29-/m0/s1. The number of carbonyl (C=O) groups excluding carboxylic acids is 1. The lowest BCUT2D eigenvalue weighted by Gasteiger charge is -2.38. The minimum Gasteiger partial charge on any atom is -0.480 e. The Labute approximate surface area is 222 Å². The van der Waals surface area contributed by atoms with E-state index in [0.29, 0.717) is 31.4 Å². The summed E-state index contributed by atoms with van der Waals surface area (Å²) in [4.78, 5) is 31.5. The van der Waals surface area contributed by atoms with E-state index < -0.39 is 23.6 Å². The second kappa shape index (κ2) is 11.2. The molecule has 0 unspecified atom stereocenters. The first-order valence-electron chi connectivity index (χ1n) is 13.6. The number of likely N-dealkylation sites (tertiary alicyclic amines) is 1. The van der Waals surface area contributed by atoms with Crippen molar-refractivity contribution in [3.63, 3.8) is 0 Å². The van der Waals surface area contributed by atoms with Gasteiger partial charge in [-0.3, -0.25) is 14.5 Å². The summed E-state index contributed by atoms with van der Waals surface area (Å²) in [7, 11) is 1.79. The number of rotatable bonds is 9. The van der Waals surface area contributed by atoms with Crippen molar-refractivity contribution in [3.8, 4) is 0 Å². The number of nitrogens with zero attached hydrogens (tertiary/aromatic N) is 4. The predicted molar refractivity (Wildman–Crippen MR) is 143 cm³/mol. The van der Waals surface area contributed by atoms with Crippen LogP contribution in [0.3, 0.4) is 0 Å². The first-order valence-corrected chi connectivity index (χ1v) is 13.6. The van der Waals surface area contributed by atoms with E-state index in [1.165, 1.54) is 24.1 Å². The van der Waals surface area contributed by atoms with E-state index in [1.807, 2.05) is 11.0 Å². The zero-order valence-corrected chi connectivity index (χ0v) is 22.0. The lowest BCUT2D eigenvalue weighted by molar-refractivity contribution is -0.139. The molecule has 5 rings (SSSR count). The van der Waals surface area contributed by atoms with Crippen LogP contribution in [-0.4, -0.2) is 68.0 Å². The Balaban J connectivity index is 1.15. The molecule has 0 spiro atoms. The molecule has 2 aliphatic rings. The molecule has 3 heterocycles. The Kier molecular flexibility index (Phi) is 7.74. The molecule has 1 saturated heterocycles. The van der Waals surface area contributed by atoms with Gasteiger partial charge in [0.05, 0.1) is 11.7 Å². The van der Waals surface area contributed by atoms with E-state index in [2.05, 4.69) is 16.5 Å². The SMILES string of the molecule is Cn1ncc2ccc(C(=O)N[C@@H](CCN3CCC[C@](F)(CCc4ccc5c(n4)CCCC5)C3)C(=O)O)cc21. The molecule has 202 valence electrons. The highest BCUT2D eigenvalue weighted by atomic mass is 19.1. The number of aliphatic carboxylic acids is 1. The van der Waals surface area contributed by atoms with Crippen molar-refractivity contribution in [2.75, 3.05) is 19.6 Å². The van der Waals surface area contributed by atoms with Gasteiger partial charge < -0.3 is 15.3 Å². The highest BCUT2D eigenvalue weighted by molar-refractivity contribution is 5.99. The first kappa shape index (κ1) is 26.3. The number of carbonyl (C=O) groups is 2. The number of aryl methyl sites for hydroxylation is 4. The maximum atomic E-state index is 15.8. The number of amides is 1. The number of fused-ring (bicyclic) bond motifs is 2. The molecule has 0 radical (unpaired) electrons. The van der Waals surface area contributed by atoms with Crippen LogP contribution in [0.2, 0.25) is 0 Å². The molecule has 2 aromatic heterocycles. The molecular weight excluding hydrogens is 485 g/mol. The number of nitrogens with one attached hydrogen (secondary N) is 1. The van der Waals surface area contributed by atoms with E-state index in [4.69, 9.17) is 4.98 Å². The minimum atomic E-state index is -1.32. The third-order valence-electron chi connectivity index (χ3n) is 8.02. The summed E-state index contributed by atoms with van der Waals surface area (Å²) < 4.78 is 17.5. The fraction of sp³-hybridized carbons (Fsp3) is 0.517. The van der Waals surface area contributed by atoms with Gasteiger partial charge in [-0.05, 0) is 88.1 Å². The van der Waals surface area contributed by atoms with Crippen LogP contribution >= 0.6 is 0 Å². The van der Waals surface area contributed by atoms with Crippen LogP contribution in [-0.2, 0) is 31.1 Å². The van der Waals surface area contributed by atoms with Crippen molar-refractivity contribution in [3.05, 3.63) is 59.0 Å². The Hall–Kier alpha value is -3.33. The fourth-order valence-electron chi connectivity index (χ4n) is 5.79. The Bertz CT molecular complexity index is 1320. The number of hydrogen-bond acceptors (Lipinski definition) is 5. The van der Waals surface area contributed by atoms with Crippen LogP contribution in [0.25, 0.3) is 10.9 Å². The zero-order valence-electron chi connectivity index (χ0n) is 22.0. The lowest BCUT2D eigenvalue weighted by Crippen LogP contribution is -2.48. The summed E-state index contributed by atoms with van der Waals surface area (Å²) >= 11 is 0. The molecule has 1 aliphatic carbocycles. The van der Waals surface area contributed by atoms with Gasteiger partial charge in [0.25, 0.3) is 5.91 Å². The normalized spacial score (nSPS) is 20.7. The third kappa shape index (κ3) is 6.04. The number of pyridine rings is 1. The fourth-order valence-corrected chi connectivity index (χ4v) is 5.79. The molecule has 38 heavy (non-hydrogen) atoms. The van der Waals surface area contributed by atoms with Gasteiger partial charge in [-0.2, -0.15) is 5.10 Å². The monoisotopic (exact) mass is 521 g/mol. The smallest absolute Gasteiger partial charge is 0.326 e. The molecule has 2 atom stereocenters. The Morgan fingerprint density at radius 2 is 2.03 bits per heavy atom. The number of carboxylic acid groups (broad SMARTS) is 1. The van der Waals surface area contributed by atoms with E-state index in [9.17, 15) is 14.7 Å². The van der Waals surface area contributed by atoms with Crippen LogP contribution in [0.4, 0.5) is 4.39 Å². The van der Waals surface area contributed by atoms with Crippen molar-refractivity contribution in [1.29, 1.82) is 0 Å². The second-order valence-electron chi connectivity index (χ2n) is 10.8. The molecular formula is C29H36FN5O3. The number of hydrogen-bond donors (Lipinski definition) is 2. The molecule has 1 fully saturated rings. The van der Waals surface area contributed by atoms with E-state index >= 15 is 4.39 Å². The van der Waals surface area contributed by atoms with Gasteiger partial charge in [0.15, 0.2) is 0 Å². The van der Waals surface area contributed by atoms with Crippen LogP contribution in [0, 0.1) is 0 Å². The zero-order chi connectivity index (χ0) is 26.7. The lowest BCUT2D eigenvalue weighted by atomic mass is 9.88. The van der Waals surface area contributed by atoms with Gasteiger partial charge >= 0.3 is 5.97 Å². The Morgan fingerprint density at radius 1 is 1.18 bits per heavy atom. The van der Waals surface area contributed by atoms with Crippen molar-refractivity contribution in [2.45, 2.75) is 69.5 Å². The molecule has 3 aromatic rings. The predicted octanol–water partition coefficient (Wildman–Crippen LogP) is 3.86. The number of carboxylic acids is 1. The summed E-state index contributed by atoms with van der Waals surface area (Å²) in [6.45, 7) is 1.40. The molecule has 1 aromatic carbocycles. The summed E-state index contributed by atoms with van der Waals surface area (Å²) in [5, 5.41) is 17.5. The van der Waals surface area contributed by atoms with Gasteiger partial charge in [0, 0.05) is 42.5 Å². The average molecular weight is 522 g/mol. The molecule has 1 amide bonds. The van der Waals surface area contributed by atoms with Gasteiger partial charge in [0.2, 0.25) is 0 Å². The van der Waals surface area contributed by atoms with Gasteiger partial charge in [-0.25, -0.2) is 9.18 Å². The topological polar surface area (TPSA) is 100 Å². The molecule has 1 aliphatic heterocycles. The number of alkyl halides is 1. The molecule has 8 nitrogen and oxygen atoms in total. The first-order chi connectivity index (χ1) is 18.3. The van der Waals surface area contributed by atoms with Gasteiger partial charge in [0.1, 0.15) is 11.7 Å². The average Bonchev–Trinajstić information content (AvgIpc) is 3.29. The largest absolute Gasteiger partial charge is 0.480 e. The van der Waals surface area contributed by atoms with E-state index in [-0.39, 0.29) is 13.0 Å². The Morgan fingerprint density at radius 3 is 2.87 bits per heavy atom.